The van der Waals surface area contributed by atoms with Gasteiger partial charge in [-0.3, -0.25) is 9.14 Å². The van der Waals surface area contributed by atoms with Gasteiger partial charge in [0.05, 0.1) is 6.61 Å². The van der Waals surface area contributed by atoms with Crippen molar-refractivity contribution in [1.82, 2.24) is 9.55 Å². The molecule has 3 rings (SSSR count). The topological polar surface area (TPSA) is 90.3 Å². The average Bonchev–Trinajstić information content (AvgIpc) is 2.85. The van der Waals surface area contributed by atoms with Gasteiger partial charge in [0.1, 0.15) is 24.9 Å². The Morgan fingerprint density at radius 3 is 2.61 bits per heavy atom. The zero-order valence-corrected chi connectivity index (χ0v) is 18.3. The van der Waals surface area contributed by atoms with Crippen molar-refractivity contribution in [3.8, 4) is 5.88 Å². The Balaban J connectivity index is 1.92. The highest BCUT2D eigenvalue weighted by molar-refractivity contribution is 6.70. The van der Waals surface area contributed by atoms with Crippen molar-refractivity contribution in [3.05, 3.63) is 22.7 Å². The maximum atomic E-state index is 12.5. The van der Waals surface area contributed by atoms with Gasteiger partial charge in [-0.2, -0.15) is 4.98 Å². The van der Waals surface area contributed by atoms with Crippen molar-refractivity contribution >= 4 is 8.56 Å². The average molecular weight is 415 g/mol. The molecule has 28 heavy (non-hydrogen) atoms. The summed E-state index contributed by atoms with van der Waals surface area (Å²) in [5.74, 6) is 0.281. The summed E-state index contributed by atoms with van der Waals surface area (Å²) in [6.45, 7) is 10.8. The minimum absolute atomic E-state index is 0.165. The number of hydrogen-bond acceptors (Lipinski definition) is 8. The van der Waals surface area contributed by atoms with E-state index in [1.807, 2.05) is 6.92 Å². The number of nitrogens with zero attached hydrogens (tertiary/aromatic N) is 2. The third kappa shape index (κ3) is 3.76. The van der Waals surface area contributed by atoms with Gasteiger partial charge in [-0.15, -0.1) is 0 Å². The van der Waals surface area contributed by atoms with E-state index in [2.05, 4.69) is 32.7 Å². The molecular weight excluding hydrogens is 384 g/mol. The van der Waals surface area contributed by atoms with Crippen molar-refractivity contribution < 1.29 is 28.1 Å². The quantitative estimate of drug-likeness (QED) is 0.517. The van der Waals surface area contributed by atoms with E-state index in [0.29, 0.717) is 6.61 Å². The van der Waals surface area contributed by atoms with Gasteiger partial charge in [0.2, 0.25) is 5.88 Å². The van der Waals surface area contributed by atoms with Gasteiger partial charge in [-0.1, -0.05) is 27.7 Å². The lowest BCUT2D eigenvalue weighted by atomic mass is 10.1. The van der Waals surface area contributed by atoms with E-state index >= 15 is 0 Å². The van der Waals surface area contributed by atoms with Gasteiger partial charge in [0.25, 0.3) is 0 Å². The molecule has 1 aromatic heterocycles. The van der Waals surface area contributed by atoms with Crippen LogP contribution < -0.4 is 10.4 Å². The van der Waals surface area contributed by atoms with E-state index in [9.17, 15) is 4.79 Å². The first kappa shape index (κ1) is 21.4. The van der Waals surface area contributed by atoms with Crippen LogP contribution in [-0.2, 0) is 23.4 Å². The van der Waals surface area contributed by atoms with E-state index < -0.39 is 38.8 Å². The number of methoxy groups -OCH3 is 1. The van der Waals surface area contributed by atoms with E-state index in [1.54, 1.807) is 19.4 Å². The number of fused-ring (bicyclic) bond motifs is 1. The molecule has 0 aromatic carbocycles. The monoisotopic (exact) mass is 414 g/mol. The highest BCUT2D eigenvalue weighted by atomic mass is 28.4. The van der Waals surface area contributed by atoms with Crippen LogP contribution in [0, 0.1) is 0 Å². The first-order valence-corrected chi connectivity index (χ1v) is 11.7. The minimum Gasteiger partial charge on any atom is -0.478 e. The molecule has 0 bridgehead atoms. The smallest absolute Gasteiger partial charge is 0.380 e. The first-order valence-electron chi connectivity index (χ1n) is 9.72. The Bertz CT molecular complexity index is 718. The molecule has 0 N–H and O–H groups in total. The van der Waals surface area contributed by atoms with Crippen LogP contribution in [0.5, 0.6) is 5.88 Å². The maximum Gasteiger partial charge on any atom is 0.380 e. The molecule has 0 radical (unpaired) electrons. The Morgan fingerprint density at radius 2 is 2.04 bits per heavy atom. The summed E-state index contributed by atoms with van der Waals surface area (Å²) < 4.78 is 31.0. The zero-order valence-electron chi connectivity index (χ0n) is 17.3. The largest absolute Gasteiger partial charge is 0.478 e. The van der Waals surface area contributed by atoms with Crippen LogP contribution in [0.2, 0.25) is 11.1 Å². The fourth-order valence-corrected chi connectivity index (χ4v) is 7.10. The van der Waals surface area contributed by atoms with Crippen molar-refractivity contribution in [2.24, 2.45) is 0 Å². The van der Waals surface area contributed by atoms with Crippen LogP contribution in [-0.4, -0.2) is 56.7 Å². The zero-order chi connectivity index (χ0) is 20.5. The Labute approximate surface area is 166 Å². The molecule has 3 heterocycles. The second-order valence-corrected chi connectivity index (χ2v) is 11.8. The molecule has 158 valence electrons. The summed E-state index contributed by atoms with van der Waals surface area (Å²) in [7, 11) is -1.12. The molecular formula is C18H30N2O7Si. The second-order valence-electron chi connectivity index (χ2n) is 7.64. The summed E-state index contributed by atoms with van der Waals surface area (Å²) in [6, 6.07) is 1.64. The molecule has 2 aliphatic heterocycles. The molecule has 10 heteroatoms. The van der Waals surface area contributed by atoms with E-state index in [0.717, 1.165) is 0 Å². The fraction of sp³-hybridized carbons (Fsp3) is 0.778. The van der Waals surface area contributed by atoms with Crippen LogP contribution in [0.3, 0.4) is 0 Å². The van der Waals surface area contributed by atoms with Crippen molar-refractivity contribution in [1.29, 1.82) is 0 Å². The Morgan fingerprint density at radius 1 is 1.32 bits per heavy atom. The molecule has 0 amide bonds. The number of rotatable bonds is 6. The predicted molar refractivity (Wildman–Crippen MR) is 102 cm³/mol. The summed E-state index contributed by atoms with van der Waals surface area (Å²) in [5, 5.41) is 0. The normalized spacial score (nSPS) is 29.7. The van der Waals surface area contributed by atoms with E-state index in [-0.39, 0.29) is 23.6 Å². The standard InChI is InChI=1S/C18H30N2O7Si/c1-7-23-14-8-9-20(18(21)19-14)17-16(22-6)15-13(25-17)10-24-27-28(26-15,11(2)3)12(4)5/h8-9,11-13,15-17H,7,10H2,1-6H3/t13-,15-,16-,17?/m1/s1. The second kappa shape index (κ2) is 8.60. The highest BCUT2D eigenvalue weighted by Crippen LogP contribution is 2.43. The molecule has 2 aliphatic rings. The highest BCUT2D eigenvalue weighted by Gasteiger charge is 2.57. The van der Waals surface area contributed by atoms with Gasteiger partial charge < -0.3 is 18.6 Å². The van der Waals surface area contributed by atoms with Gasteiger partial charge >= 0.3 is 14.3 Å². The minimum atomic E-state index is -2.70. The van der Waals surface area contributed by atoms with E-state index in [4.69, 9.17) is 28.1 Å². The van der Waals surface area contributed by atoms with E-state index in [1.165, 1.54) is 4.57 Å². The molecule has 0 aliphatic carbocycles. The number of aromatic nitrogens is 2. The lowest BCUT2D eigenvalue weighted by Crippen LogP contribution is -2.52. The van der Waals surface area contributed by atoms with Crippen molar-refractivity contribution in [2.45, 2.75) is 70.2 Å². The van der Waals surface area contributed by atoms with Crippen LogP contribution >= 0.6 is 0 Å². The Kier molecular flexibility index (Phi) is 6.57. The third-order valence-electron chi connectivity index (χ3n) is 5.28. The van der Waals surface area contributed by atoms with Gasteiger partial charge in [0, 0.05) is 19.4 Å². The Hall–Kier alpha value is -1.30. The molecule has 1 unspecified atom stereocenters. The van der Waals surface area contributed by atoms with Crippen LogP contribution in [0.15, 0.2) is 17.1 Å². The molecule has 4 atom stereocenters. The molecule has 1 aromatic rings. The molecule has 0 saturated carbocycles. The summed E-state index contributed by atoms with van der Waals surface area (Å²) in [6.07, 6.45) is -0.400. The molecule has 0 spiro atoms. The summed E-state index contributed by atoms with van der Waals surface area (Å²) in [4.78, 5) is 22.0. The third-order valence-corrected chi connectivity index (χ3v) is 9.52. The summed E-state index contributed by atoms with van der Waals surface area (Å²) >= 11 is 0. The lowest BCUT2D eigenvalue weighted by Gasteiger charge is -2.37. The fourth-order valence-electron chi connectivity index (χ4n) is 3.84. The predicted octanol–water partition coefficient (Wildman–Crippen LogP) is 2.16. The SMILES string of the molecule is CCOc1ccn(C2O[C@@H]3COO[Si](C(C)C)(C(C)C)O[C@H]3[C@H]2OC)c(=O)n1. The van der Waals surface area contributed by atoms with Crippen LogP contribution in [0.25, 0.3) is 0 Å². The summed E-state index contributed by atoms with van der Waals surface area (Å²) in [5.41, 5.74) is -0.141. The van der Waals surface area contributed by atoms with Gasteiger partial charge in [-0.25, -0.2) is 9.68 Å². The van der Waals surface area contributed by atoms with Crippen LogP contribution in [0.4, 0.5) is 0 Å². The molecule has 2 fully saturated rings. The molecule has 9 nitrogen and oxygen atoms in total. The molecule has 2 saturated heterocycles. The van der Waals surface area contributed by atoms with Crippen molar-refractivity contribution in [3.63, 3.8) is 0 Å². The maximum absolute atomic E-state index is 12.5. The van der Waals surface area contributed by atoms with Crippen molar-refractivity contribution in [2.75, 3.05) is 20.3 Å². The lowest BCUT2D eigenvalue weighted by molar-refractivity contribution is -0.242. The van der Waals surface area contributed by atoms with Gasteiger partial charge in [0.15, 0.2) is 6.23 Å². The first-order chi connectivity index (χ1) is 13.3. The van der Waals surface area contributed by atoms with Crippen LogP contribution in [0.1, 0.15) is 40.8 Å². The van der Waals surface area contributed by atoms with Gasteiger partial charge in [-0.05, 0) is 18.0 Å². The number of ether oxygens (including phenoxy) is 3. The number of hydrogen-bond donors (Lipinski definition) is 0.